The maximum Gasteiger partial charge on any atom is 0.265 e. The highest BCUT2D eigenvalue weighted by atomic mass is 32.1. The monoisotopic (exact) mass is 277 g/mol. The second kappa shape index (κ2) is 5.87. The molecule has 1 atom stereocenters. The van der Waals surface area contributed by atoms with Crippen LogP contribution < -0.4 is 11.5 Å². The van der Waals surface area contributed by atoms with Crippen molar-refractivity contribution >= 4 is 23.2 Å². The van der Waals surface area contributed by atoms with Crippen molar-refractivity contribution < 1.29 is 9.59 Å². The zero-order chi connectivity index (χ0) is 13.8. The molecule has 2 rings (SSSR count). The molecule has 1 fully saturated rings. The topological polar surface area (TPSA) is 89.4 Å². The summed E-state index contributed by atoms with van der Waals surface area (Å²) in [4.78, 5) is 25.9. The minimum Gasteiger partial charge on any atom is -0.368 e. The van der Waals surface area contributed by atoms with E-state index in [2.05, 4.69) is 11.8 Å². The molecule has 0 aromatic carbocycles. The Bertz CT molecular complexity index is 556. The molecule has 1 aliphatic heterocycles. The predicted molar refractivity (Wildman–Crippen MR) is 73.5 cm³/mol. The van der Waals surface area contributed by atoms with Crippen LogP contribution in [-0.4, -0.2) is 35.8 Å². The standard InChI is InChI=1S/C13H15N3O2S/c14-6-1-3-9-5-8-19-11(9)13(18)16-7-2-4-10(16)12(15)17/h5,8,10H,2,4,6-7,14H2,(H2,15,17). The second-order valence-electron chi connectivity index (χ2n) is 4.23. The molecule has 4 N–H and O–H groups in total. The zero-order valence-electron chi connectivity index (χ0n) is 10.4. The summed E-state index contributed by atoms with van der Waals surface area (Å²) in [5, 5.41) is 1.81. The normalized spacial score (nSPS) is 17.9. The Kier molecular flexibility index (Phi) is 4.20. The van der Waals surface area contributed by atoms with E-state index in [4.69, 9.17) is 11.5 Å². The van der Waals surface area contributed by atoms with Crippen LogP contribution in [0.2, 0.25) is 0 Å². The van der Waals surface area contributed by atoms with Crippen molar-refractivity contribution in [3.8, 4) is 11.8 Å². The summed E-state index contributed by atoms with van der Waals surface area (Å²) in [5.74, 6) is 4.99. The quantitative estimate of drug-likeness (QED) is 0.754. The molecular weight excluding hydrogens is 262 g/mol. The number of likely N-dealkylation sites (tertiary alicyclic amines) is 1. The van der Waals surface area contributed by atoms with Crippen molar-refractivity contribution in [2.24, 2.45) is 11.5 Å². The van der Waals surface area contributed by atoms with Crippen molar-refractivity contribution in [3.63, 3.8) is 0 Å². The van der Waals surface area contributed by atoms with Gasteiger partial charge in [0.15, 0.2) is 0 Å². The molecule has 0 spiro atoms. The minimum absolute atomic E-state index is 0.169. The Hall–Kier alpha value is -1.84. The molecule has 2 heterocycles. The first-order valence-corrected chi connectivity index (χ1v) is 6.90. The van der Waals surface area contributed by atoms with Crippen LogP contribution in [0.25, 0.3) is 0 Å². The number of carbonyl (C=O) groups is 2. The Labute approximate surface area is 115 Å². The van der Waals surface area contributed by atoms with Crippen molar-refractivity contribution in [1.29, 1.82) is 0 Å². The Morgan fingerprint density at radius 2 is 2.32 bits per heavy atom. The molecule has 0 saturated carbocycles. The average molecular weight is 277 g/mol. The van der Waals surface area contributed by atoms with E-state index in [-0.39, 0.29) is 12.5 Å². The lowest BCUT2D eigenvalue weighted by atomic mass is 10.2. The van der Waals surface area contributed by atoms with Gasteiger partial charge in [0.05, 0.1) is 6.54 Å². The van der Waals surface area contributed by atoms with Crippen LogP contribution in [0.4, 0.5) is 0 Å². The molecule has 1 aromatic rings. The van der Waals surface area contributed by atoms with E-state index < -0.39 is 11.9 Å². The summed E-state index contributed by atoms with van der Waals surface area (Å²) in [6.45, 7) is 0.811. The molecule has 1 unspecified atom stereocenters. The van der Waals surface area contributed by atoms with Gasteiger partial charge in [0.2, 0.25) is 5.91 Å². The van der Waals surface area contributed by atoms with Gasteiger partial charge in [-0.05, 0) is 24.3 Å². The molecule has 1 saturated heterocycles. The molecule has 6 heteroatoms. The summed E-state index contributed by atoms with van der Waals surface area (Å²) >= 11 is 1.32. The number of amides is 2. The fourth-order valence-electron chi connectivity index (χ4n) is 2.16. The first kappa shape index (κ1) is 13.6. The zero-order valence-corrected chi connectivity index (χ0v) is 11.2. The van der Waals surface area contributed by atoms with Gasteiger partial charge in [-0.3, -0.25) is 9.59 Å². The maximum absolute atomic E-state index is 12.4. The van der Waals surface area contributed by atoms with Gasteiger partial charge in [-0.15, -0.1) is 11.3 Å². The maximum atomic E-state index is 12.4. The lowest BCUT2D eigenvalue weighted by Gasteiger charge is -2.21. The number of nitrogens with zero attached hydrogens (tertiary/aromatic N) is 1. The summed E-state index contributed by atoms with van der Waals surface area (Å²) < 4.78 is 0. The number of carbonyl (C=O) groups excluding carboxylic acids is 2. The number of hydrogen-bond acceptors (Lipinski definition) is 4. The number of hydrogen-bond donors (Lipinski definition) is 2. The van der Waals surface area contributed by atoms with Crippen molar-refractivity contribution in [2.75, 3.05) is 13.1 Å². The Morgan fingerprint density at radius 1 is 1.53 bits per heavy atom. The predicted octanol–water partition coefficient (Wildman–Crippen LogP) is 0.148. The number of primary amides is 1. The van der Waals surface area contributed by atoms with Gasteiger partial charge in [0.25, 0.3) is 5.91 Å². The van der Waals surface area contributed by atoms with Crippen molar-refractivity contribution in [3.05, 3.63) is 21.9 Å². The molecule has 19 heavy (non-hydrogen) atoms. The molecule has 0 aliphatic carbocycles. The minimum atomic E-state index is -0.495. The highest BCUT2D eigenvalue weighted by molar-refractivity contribution is 7.12. The van der Waals surface area contributed by atoms with Crippen LogP contribution in [0.15, 0.2) is 11.4 Å². The van der Waals surface area contributed by atoms with Gasteiger partial charge in [-0.1, -0.05) is 11.8 Å². The molecule has 1 aliphatic rings. The Balaban J connectivity index is 2.25. The van der Waals surface area contributed by atoms with E-state index in [1.165, 1.54) is 11.3 Å². The van der Waals surface area contributed by atoms with E-state index in [0.717, 1.165) is 6.42 Å². The number of rotatable bonds is 2. The summed E-state index contributed by atoms with van der Waals surface area (Å²) in [6.07, 6.45) is 1.44. The van der Waals surface area contributed by atoms with Gasteiger partial charge in [0, 0.05) is 12.1 Å². The Morgan fingerprint density at radius 3 is 3.00 bits per heavy atom. The van der Waals surface area contributed by atoms with Crippen LogP contribution in [0.1, 0.15) is 28.1 Å². The van der Waals surface area contributed by atoms with Gasteiger partial charge < -0.3 is 16.4 Å². The fraction of sp³-hybridized carbons (Fsp3) is 0.385. The van der Waals surface area contributed by atoms with Crippen LogP contribution in [0, 0.1) is 11.8 Å². The van der Waals surface area contributed by atoms with Crippen LogP contribution in [0.5, 0.6) is 0 Å². The van der Waals surface area contributed by atoms with E-state index in [9.17, 15) is 9.59 Å². The van der Waals surface area contributed by atoms with Crippen LogP contribution in [0.3, 0.4) is 0 Å². The summed E-state index contributed by atoms with van der Waals surface area (Å²) in [6, 6.07) is 1.29. The van der Waals surface area contributed by atoms with E-state index in [1.807, 2.05) is 5.38 Å². The highest BCUT2D eigenvalue weighted by Crippen LogP contribution is 2.24. The lowest BCUT2D eigenvalue weighted by Crippen LogP contribution is -2.43. The number of nitrogens with two attached hydrogens (primary N) is 2. The smallest absolute Gasteiger partial charge is 0.265 e. The van der Waals surface area contributed by atoms with E-state index in [0.29, 0.717) is 23.4 Å². The molecular formula is C13H15N3O2S. The average Bonchev–Trinajstić information content (AvgIpc) is 3.04. The molecule has 100 valence electrons. The van der Waals surface area contributed by atoms with E-state index >= 15 is 0 Å². The third-order valence-corrected chi connectivity index (χ3v) is 3.93. The van der Waals surface area contributed by atoms with Crippen molar-refractivity contribution in [2.45, 2.75) is 18.9 Å². The lowest BCUT2D eigenvalue weighted by molar-refractivity contribution is -0.121. The molecule has 2 amide bonds. The first-order chi connectivity index (χ1) is 9.15. The van der Waals surface area contributed by atoms with Gasteiger partial charge in [-0.2, -0.15) is 0 Å². The van der Waals surface area contributed by atoms with Gasteiger partial charge in [0.1, 0.15) is 10.9 Å². The largest absolute Gasteiger partial charge is 0.368 e. The SMILES string of the molecule is NCC#Cc1ccsc1C(=O)N1CCCC1C(N)=O. The van der Waals surface area contributed by atoms with Crippen LogP contribution >= 0.6 is 11.3 Å². The third-order valence-electron chi connectivity index (χ3n) is 3.03. The molecule has 1 aromatic heterocycles. The molecule has 0 radical (unpaired) electrons. The van der Waals surface area contributed by atoms with Gasteiger partial charge in [-0.25, -0.2) is 0 Å². The second-order valence-corrected chi connectivity index (χ2v) is 5.14. The van der Waals surface area contributed by atoms with Gasteiger partial charge >= 0.3 is 0 Å². The van der Waals surface area contributed by atoms with Crippen LogP contribution in [-0.2, 0) is 4.79 Å². The summed E-state index contributed by atoms with van der Waals surface area (Å²) in [7, 11) is 0. The highest BCUT2D eigenvalue weighted by Gasteiger charge is 2.34. The van der Waals surface area contributed by atoms with Crippen molar-refractivity contribution in [1.82, 2.24) is 4.90 Å². The molecule has 0 bridgehead atoms. The first-order valence-electron chi connectivity index (χ1n) is 6.02. The van der Waals surface area contributed by atoms with E-state index in [1.54, 1.807) is 11.0 Å². The third kappa shape index (κ3) is 2.78. The fourth-order valence-corrected chi connectivity index (χ4v) is 2.96. The molecule has 5 nitrogen and oxygen atoms in total. The summed E-state index contributed by atoms with van der Waals surface area (Å²) in [5.41, 5.74) is 11.3. The number of thiophene rings is 1.